The zero-order valence-corrected chi connectivity index (χ0v) is 15.8. The molecule has 3 heterocycles. The summed E-state index contributed by atoms with van der Waals surface area (Å²) in [6.07, 6.45) is 2.09. The Morgan fingerprint density at radius 1 is 1.00 bits per heavy atom. The summed E-state index contributed by atoms with van der Waals surface area (Å²) in [7, 11) is -2.07. The first kappa shape index (κ1) is 17.9. The number of hydrogen-bond acceptors (Lipinski definition) is 6. The van der Waals surface area contributed by atoms with E-state index in [-0.39, 0.29) is 44.9 Å². The molecule has 0 radical (unpaired) electrons. The number of unbranched alkanes of at least 4 members (excludes halogenated alkanes) is 1. The van der Waals surface area contributed by atoms with Crippen molar-refractivity contribution in [3.63, 3.8) is 0 Å². The quantitative estimate of drug-likeness (QED) is 0.690. The monoisotopic (exact) mass is 342 g/mol. The number of rotatable bonds is 6. The molecule has 0 unspecified atom stereocenters. The van der Waals surface area contributed by atoms with E-state index < -0.39 is 8.32 Å². The van der Waals surface area contributed by atoms with Crippen molar-refractivity contribution in [2.24, 2.45) is 0 Å². The van der Waals surface area contributed by atoms with Crippen molar-refractivity contribution < 1.29 is 27.8 Å². The second kappa shape index (κ2) is 7.15. The molecular formula is C14H28B2O6Si. The molecule has 130 valence electrons. The van der Waals surface area contributed by atoms with Gasteiger partial charge in [-0.05, 0) is 32.8 Å². The molecule has 3 aliphatic heterocycles. The van der Waals surface area contributed by atoms with Crippen LogP contribution in [0, 0.1) is 0 Å². The standard InChI is InChI=1S/C14H28B2O6Si/c1-6-7-8-16-19-10(9-17-23(3,4)5)11-12(21-16)13-14(18-11)22-15(2)20-13/h10-14H,6-9H2,1-5H3/t10-,11-,12+,13-,14-/m1/s1. The van der Waals surface area contributed by atoms with Crippen LogP contribution in [0.1, 0.15) is 19.8 Å². The Kier molecular flexibility index (Phi) is 5.57. The molecule has 0 aliphatic carbocycles. The van der Waals surface area contributed by atoms with Gasteiger partial charge in [0.1, 0.15) is 18.3 Å². The fourth-order valence-electron chi connectivity index (χ4n) is 3.25. The highest BCUT2D eigenvalue weighted by atomic mass is 28.4. The Balaban J connectivity index is 1.68. The summed E-state index contributed by atoms with van der Waals surface area (Å²) in [5.74, 6) is 0. The lowest BCUT2D eigenvalue weighted by Crippen LogP contribution is -2.55. The molecule has 3 fully saturated rings. The van der Waals surface area contributed by atoms with Crippen LogP contribution in [0.15, 0.2) is 0 Å². The molecular weight excluding hydrogens is 314 g/mol. The molecule has 5 atom stereocenters. The highest BCUT2D eigenvalue weighted by Gasteiger charge is 2.58. The third-order valence-electron chi connectivity index (χ3n) is 4.36. The van der Waals surface area contributed by atoms with E-state index in [0.29, 0.717) is 6.61 Å². The van der Waals surface area contributed by atoms with Crippen LogP contribution in [-0.2, 0) is 27.8 Å². The zero-order chi connectivity index (χ0) is 16.6. The average molecular weight is 342 g/mol. The summed E-state index contributed by atoms with van der Waals surface area (Å²) in [4.78, 5) is 0. The topological polar surface area (TPSA) is 55.4 Å². The number of hydrogen-bond donors (Lipinski definition) is 0. The first-order valence-corrected chi connectivity index (χ1v) is 12.2. The van der Waals surface area contributed by atoms with Crippen molar-refractivity contribution in [3.05, 3.63) is 0 Å². The molecule has 0 aromatic rings. The van der Waals surface area contributed by atoms with Crippen LogP contribution >= 0.6 is 0 Å². The maximum atomic E-state index is 6.14. The minimum atomic E-state index is -1.61. The molecule has 0 N–H and O–H groups in total. The molecule has 9 heteroatoms. The zero-order valence-electron chi connectivity index (χ0n) is 14.8. The summed E-state index contributed by atoms with van der Waals surface area (Å²) >= 11 is 0. The molecule has 0 aromatic carbocycles. The maximum Gasteiger partial charge on any atom is 0.457 e. The second-order valence-corrected chi connectivity index (χ2v) is 12.1. The molecule has 3 aliphatic rings. The van der Waals surface area contributed by atoms with Gasteiger partial charge in [0.2, 0.25) is 0 Å². The molecule has 0 amide bonds. The van der Waals surface area contributed by atoms with Gasteiger partial charge in [0.05, 0.1) is 12.7 Å². The Bertz CT molecular complexity index is 409. The SMILES string of the molecule is CCCCB1O[C@@H]2[C@H]3OB(C)O[C@H]3O[C@@H]2[C@@H](CO[Si](C)(C)C)O1. The molecule has 0 spiro atoms. The minimum absolute atomic E-state index is 0.129. The normalized spacial score (nSPS) is 37.2. The average Bonchev–Trinajstić information content (AvgIpc) is 2.98. The van der Waals surface area contributed by atoms with E-state index in [2.05, 4.69) is 26.6 Å². The third kappa shape index (κ3) is 4.20. The van der Waals surface area contributed by atoms with Crippen LogP contribution in [0.5, 0.6) is 0 Å². The van der Waals surface area contributed by atoms with Crippen LogP contribution in [0.2, 0.25) is 32.8 Å². The van der Waals surface area contributed by atoms with Gasteiger partial charge in [0.15, 0.2) is 14.6 Å². The molecule has 23 heavy (non-hydrogen) atoms. The van der Waals surface area contributed by atoms with Crippen LogP contribution < -0.4 is 0 Å². The van der Waals surface area contributed by atoms with Crippen molar-refractivity contribution in [2.45, 2.75) is 83.3 Å². The van der Waals surface area contributed by atoms with Gasteiger partial charge in [-0.25, -0.2) is 0 Å². The minimum Gasteiger partial charge on any atom is -0.415 e. The largest absolute Gasteiger partial charge is 0.457 e. The molecule has 0 saturated carbocycles. The van der Waals surface area contributed by atoms with E-state index in [1.165, 1.54) is 0 Å². The van der Waals surface area contributed by atoms with Crippen LogP contribution in [0.3, 0.4) is 0 Å². The maximum absolute atomic E-state index is 6.14. The molecule has 6 nitrogen and oxygen atoms in total. The lowest BCUT2D eigenvalue weighted by atomic mass is 9.78. The summed E-state index contributed by atoms with van der Waals surface area (Å²) in [6.45, 7) is 11.1. The van der Waals surface area contributed by atoms with E-state index in [9.17, 15) is 0 Å². The summed E-state index contributed by atoms with van der Waals surface area (Å²) in [5, 5.41) is 0. The molecule has 0 aromatic heterocycles. The van der Waals surface area contributed by atoms with Crippen LogP contribution in [0.25, 0.3) is 0 Å². The van der Waals surface area contributed by atoms with E-state index in [4.69, 9.17) is 27.8 Å². The Labute approximate surface area is 140 Å². The smallest absolute Gasteiger partial charge is 0.415 e. The molecule has 0 bridgehead atoms. The fraction of sp³-hybridized carbons (Fsp3) is 1.00. The highest BCUT2D eigenvalue weighted by Crippen LogP contribution is 2.38. The van der Waals surface area contributed by atoms with Crippen LogP contribution in [-0.4, -0.2) is 59.9 Å². The van der Waals surface area contributed by atoms with Crippen LogP contribution in [0.4, 0.5) is 0 Å². The first-order valence-electron chi connectivity index (χ1n) is 8.78. The molecule has 3 rings (SSSR count). The second-order valence-electron chi connectivity index (χ2n) is 7.54. The Morgan fingerprint density at radius 2 is 1.78 bits per heavy atom. The van der Waals surface area contributed by atoms with E-state index >= 15 is 0 Å². The van der Waals surface area contributed by atoms with Gasteiger partial charge < -0.3 is 27.8 Å². The summed E-state index contributed by atoms with van der Waals surface area (Å²) < 4.78 is 35.9. The van der Waals surface area contributed by atoms with Gasteiger partial charge >= 0.3 is 14.2 Å². The lowest BCUT2D eigenvalue weighted by Gasteiger charge is -2.38. The fourth-order valence-corrected chi connectivity index (χ4v) is 3.92. The molecule has 3 saturated heterocycles. The van der Waals surface area contributed by atoms with Gasteiger partial charge in [-0.15, -0.1) is 0 Å². The Morgan fingerprint density at radius 3 is 2.48 bits per heavy atom. The van der Waals surface area contributed by atoms with Crippen molar-refractivity contribution in [3.8, 4) is 0 Å². The first-order chi connectivity index (χ1) is 10.9. The lowest BCUT2D eigenvalue weighted by molar-refractivity contribution is -0.138. The van der Waals surface area contributed by atoms with Crippen molar-refractivity contribution in [2.75, 3.05) is 6.61 Å². The summed E-state index contributed by atoms with van der Waals surface area (Å²) in [6, 6.07) is 0. The van der Waals surface area contributed by atoms with E-state index in [1.807, 2.05) is 6.82 Å². The van der Waals surface area contributed by atoms with Gasteiger partial charge in [-0.3, -0.25) is 0 Å². The Hall–Kier alpha value is 0.107. The van der Waals surface area contributed by atoms with Crippen molar-refractivity contribution >= 4 is 22.6 Å². The van der Waals surface area contributed by atoms with Crippen molar-refractivity contribution in [1.29, 1.82) is 0 Å². The number of fused-ring (bicyclic) bond motifs is 3. The summed E-state index contributed by atoms with van der Waals surface area (Å²) in [5.41, 5.74) is 0. The van der Waals surface area contributed by atoms with Gasteiger partial charge in [-0.2, -0.15) is 0 Å². The predicted molar refractivity (Wildman–Crippen MR) is 90.8 cm³/mol. The predicted octanol–water partition coefficient (Wildman–Crippen LogP) is 2.17. The third-order valence-corrected chi connectivity index (χ3v) is 5.39. The van der Waals surface area contributed by atoms with Gasteiger partial charge in [-0.1, -0.05) is 19.8 Å². The van der Waals surface area contributed by atoms with Gasteiger partial charge in [0, 0.05) is 0 Å². The van der Waals surface area contributed by atoms with Gasteiger partial charge in [0.25, 0.3) is 0 Å². The van der Waals surface area contributed by atoms with E-state index in [1.54, 1.807) is 0 Å². The number of ether oxygens (including phenoxy) is 1. The highest BCUT2D eigenvalue weighted by molar-refractivity contribution is 6.69. The van der Waals surface area contributed by atoms with Crippen molar-refractivity contribution in [1.82, 2.24) is 0 Å². The van der Waals surface area contributed by atoms with E-state index in [0.717, 1.165) is 19.2 Å².